The Bertz CT molecular complexity index is 2290. The molecular formula is C56H83N9O9S. The van der Waals surface area contributed by atoms with Gasteiger partial charge in [0.15, 0.2) is 0 Å². The number of amides is 9. The van der Waals surface area contributed by atoms with Crippen molar-refractivity contribution in [2.24, 2.45) is 23.7 Å². The molecule has 5 rings (SSSR count). The largest absolute Gasteiger partial charge is 0.343 e. The molecule has 0 unspecified atom stereocenters. The first-order valence-corrected chi connectivity index (χ1v) is 28.5. The molecule has 75 heavy (non-hydrogen) atoms. The highest BCUT2D eigenvalue weighted by atomic mass is 32.2. The monoisotopic (exact) mass is 1060 g/mol. The van der Waals surface area contributed by atoms with Crippen LogP contribution in [0, 0.1) is 23.7 Å². The molecular weight excluding hydrogens is 975 g/mol. The van der Waals surface area contributed by atoms with E-state index in [-0.39, 0.29) is 50.6 Å². The molecule has 7 N–H and O–H groups in total. The maximum Gasteiger partial charge on any atom is 0.246 e. The van der Waals surface area contributed by atoms with E-state index in [9.17, 15) is 43.2 Å². The predicted octanol–water partition coefficient (Wildman–Crippen LogP) is 3.41. The lowest BCUT2D eigenvalue weighted by Gasteiger charge is -2.35. The number of hydrogen-bond donors (Lipinski definition) is 7. The molecule has 18 nitrogen and oxygen atoms in total. The summed E-state index contributed by atoms with van der Waals surface area (Å²) >= 11 is 1.47. The molecule has 11 atom stereocenters. The minimum Gasteiger partial charge on any atom is -0.343 e. The second-order valence-electron chi connectivity index (χ2n) is 21.4. The molecule has 3 fully saturated rings. The summed E-state index contributed by atoms with van der Waals surface area (Å²) in [6, 6.07) is 8.17. The average molecular weight is 1060 g/mol. The third-order valence-corrected chi connectivity index (χ3v) is 15.5. The minimum atomic E-state index is -1.24. The molecule has 0 aliphatic carbocycles. The molecule has 412 valence electrons. The summed E-state index contributed by atoms with van der Waals surface area (Å²) < 4.78 is 0. The van der Waals surface area contributed by atoms with Gasteiger partial charge in [0, 0.05) is 25.9 Å². The van der Waals surface area contributed by atoms with Crippen LogP contribution in [0.3, 0.4) is 0 Å². The maximum absolute atomic E-state index is 14.8. The van der Waals surface area contributed by atoms with Crippen LogP contribution in [0.2, 0.25) is 0 Å². The fourth-order valence-corrected chi connectivity index (χ4v) is 10.5. The molecule has 0 saturated carbocycles. The first kappa shape index (κ1) is 59.9. The highest BCUT2D eigenvalue weighted by Crippen LogP contribution is 2.27. The van der Waals surface area contributed by atoms with Gasteiger partial charge in [-0.25, -0.2) is 0 Å². The zero-order valence-corrected chi connectivity index (χ0v) is 46.3. The Hall–Kier alpha value is -5.98. The Morgan fingerprint density at radius 1 is 0.493 bits per heavy atom. The summed E-state index contributed by atoms with van der Waals surface area (Å²) in [6.45, 7) is 15.2. The second kappa shape index (κ2) is 28.8. The number of rotatable bonds is 14. The van der Waals surface area contributed by atoms with E-state index in [1.165, 1.54) is 21.6 Å². The van der Waals surface area contributed by atoms with Gasteiger partial charge in [-0.2, -0.15) is 11.8 Å². The van der Waals surface area contributed by atoms with Gasteiger partial charge in [0.1, 0.15) is 54.4 Å². The van der Waals surface area contributed by atoms with Crippen molar-refractivity contribution >= 4 is 64.9 Å². The summed E-state index contributed by atoms with van der Waals surface area (Å²) in [5.74, 6) is -6.19. The second-order valence-corrected chi connectivity index (χ2v) is 22.4. The van der Waals surface area contributed by atoms with Gasteiger partial charge in [0.25, 0.3) is 0 Å². The van der Waals surface area contributed by atoms with Gasteiger partial charge in [-0.1, -0.05) is 129 Å². The molecule has 3 aliphatic rings. The Balaban J connectivity index is 1.60. The quantitative estimate of drug-likeness (QED) is 0.145. The molecule has 2 aromatic rings. The van der Waals surface area contributed by atoms with E-state index in [1.54, 1.807) is 32.9 Å². The smallest absolute Gasteiger partial charge is 0.246 e. The zero-order valence-electron chi connectivity index (χ0n) is 45.4. The Kier molecular flexibility index (Phi) is 23.0. The van der Waals surface area contributed by atoms with Crippen molar-refractivity contribution in [3.8, 4) is 0 Å². The summed E-state index contributed by atoms with van der Waals surface area (Å²) in [7, 11) is 0. The average Bonchev–Trinajstić information content (AvgIpc) is 4.10. The number of fused-ring (bicyclic) bond motifs is 2. The van der Waals surface area contributed by atoms with Gasteiger partial charge in [0.05, 0.1) is 0 Å². The van der Waals surface area contributed by atoms with Crippen molar-refractivity contribution in [2.75, 3.05) is 25.1 Å². The first-order valence-electron chi connectivity index (χ1n) is 27.1. The number of thioether (sulfide) groups is 1. The number of nitrogens with zero attached hydrogens (tertiary/aromatic N) is 2. The molecule has 19 heteroatoms. The Labute approximate surface area is 447 Å². The van der Waals surface area contributed by atoms with E-state index in [1.807, 2.05) is 89.4 Å². The van der Waals surface area contributed by atoms with Crippen LogP contribution in [0.4, 0.5) is 0 Å². The van der Waals surface area contributed by atoms with Gasteiger partial charge in [0.2, 0.25) is 53.2 Å². The lowest BCUT2D eigenvalue weighted by molar-refractivity contribution is -0.149. The minimum absolute atomic E-state index is 0.0206. The van der Waals surface area contributed by atoms with Crippen molar-refractivity contribution in [2.45, 2.75) is 174 Å². The van der Waals surface area contributed by atoms with Crippen molar-refractivity contribution in [3.63, 3.8) is 0 Å². The third-order valence-electron chi connectivity index (χ3n) is 14.9. The van der Waals surface area contributed by atoms with Crippen LogP contribution in [-0.4, -0.2) is 142 Å². The highest BCUT2D eigenvalue weighted by molar-refractivity contribution is 7.98. The molecule has 0 spiro atoms. The van der Waals surface area contributed by atoms with E-state index in [2.05, 4.69) is 37.2 Å². The molecule has 3 saturated heterocycles. The number of benzene rings is 2. The first-order chi connectivity index (χ1) is 35.8. The summed E-state index contributed by atoms with van der Waals surface area (Å²) in [5.41, 5.74) is 1.43. The topological polar surface area (TPSA) is 244 Å². The number of hydrogen-bond acceptors (Lipinski definition) is 10. The van der Waals surface area contributed by atoms with Crippen LogP contribution in [-0.2, 0) is 56.0 Å². The standard InChI is InChI=1S/C56H83N9O9S/c1-10-35(7)46-54(72)57-39(26-29-75-9)48(66)58-40(30-33(3)4)50(68)63-47(36(8)11-2)56(74)65-28-19-25-44(65)55(73)64-27-18-24-43(64)52(70)60-41(31-37-20-14-12-15-21-37)49(67)59-42(32-38-22-16-13-17-23-38)51(69)61-45(34(5)6)53(71)62-46/h12-17,20-23,33-36,39-47H,10-11,18-19,24-32H2,1-9H3,(H,57,72)(H,58,66)(H,59,67)(H,60,70)(H,61,69)(H,62,71)(H,63,68)/t35-,36-,39-,40-,41-,42-,43-,44-,45+,46-,47-/m0/s1. The predicted molar refractivity (Wildman–Crippen MR) is 289 cm³/mol. The third kappa shape index (κ3) is 16.5. The van der Waals surface area contributed by atoms with Crippen LogP contribution in [0.15, 0.2) is 60.7 Å². The van der Waals surface area contributed by atoms with Crippen LogP contribution in [0.1, 0.15) is 118 Å². The summed E-state index contributed by atoms with van der Waals surface area (Å²) in [5, 5.41) is 20.3. The van der Waals surface area contributed by atoms with E-state index in [0.29, 0.717) is 49.8 Å². The fourth-order valence-electron chi connectivity index (χ4n) is 10.0. The summed E-state index contributed by atoms with van der Waals surface area (Å²) in [6.07, 6.45) is 4.95. The van der Waals surface area contributed by atoms with E-state index in [0.717, 1.165) is 5.56 Å². The van der Waals surface area contributed by atoms with Gasteiger partial charge in [-0.3, -0.25) is 43.2 Å². The zero-order chi connectivity index (χ0) is 54.9. The Morgan fingerprint density at radius 2 is 0.920 bits per heavy atom. The number of carbonyl (C=O) groups is 9. The summed E-state index contributed by atoms with van der Waals surface area (Å²) in [4.78, 5) is 134. The van der Waals surface area contributed by atoms with Crippen LogP contribution in [0.5, 0.6) is 0 Å². The normalized spacial score (nSPS) is 27.2. The molecule has 3 heterocycles. The van der Waals surface area contributed by atoms with E-state index < -0.39 is 119 Å². The highest BCUT2D eigenvalue weighted by Gasteiger charge is 2.46. The molecule has 0 bridgehead atoms. The molecule has 9 amide bonds. The van der Waals surface area contributed by atoms with Crippen molar-refractivity contribution in [3.05, 3.63) is 71.8 Å². The van der Waals surface area contributed by atoms with Gasteiger partial charge >= 0.3 is 0 Å². The van der Waals surface area contributed by atoms with Gasteiger partial charge in [-0.05, 0) is 85.3 Å². The van der Waals surface area contributed by atoms with Crippen LogP contribution >= 0.6 is 11.8 Å². The van der Waals surface area contributed by atoms with Gasteiger partial charge in [-0.15, -0.1) is 0 Å². The van der Waals surface area contributed by atoms with Crippen LogP contribution in [0.25, 0.3) is 0 Å². The van der Waals surface area contributed by atoms with Gasteiger partial charge < -0.3 is 47.0 Å². The van der Waals surface area contributed by atoms with E-state index >= 15 is 0 Å². The van der Waals surface area contributed by atoms with Crippen LogP contribution < -0.4 is 37.2 Å². The van der Waals surface area contributed by atoms with E-state index in [4.69, 9.17) is 0 Å². The number of nitrogens with one attached hydrogen (secondary N) is 7. The molecule has 2 aromatic carbocycles. The molecule has 3 aliphatic heterocycles. The maximum atomic E-state index is 14.8. The lowest BCUT2D eigenvalue weighted by atomic mass is 9.95. The fraction of sp³-hybridized carbons (Fsp3) is 0.625. The SMILES string of the molecule is CC[C@H](C)[C@@H]1NC(=O)[C@@H](C(C)C)NC(=O)[C@H](Cc2ccccc2)NC(=O)[C@H](Cc2ccccc2)NC(=O)[C@@H]2CCCN2C(=O)[C@@H]2CCCN2C(=O)[C@H]([C@@H](C)CC)NC(=O)[C@H](CC(C)C)NC(=O)[C@H](CCSC)NC1=O. The molecule has 0 aromatic heterocycles. The van der Waals surface area contributed by atoms with Crippen molar-refractivity contribution in [1.29, 1.82) is 0 Å². The Morgan fingerprint density at radius 3 is 1.45 bits per heavy atom. The lowest BCUT2D eigenvalue weighted by Crippen LogP contribution is -2.62. The number of carbonyl (C=O) groups excluding carboxylic acids is 9. The van der Waals surface area contributed by atoms with Crippen molar-refractivity contribution in [1.82, 2.24) is 47.0 Å². The molecule has 0 radical (unpaired) electrons. The van der Waals surface area contributed by atoms with Crippen molar-refractivity contribution < 1.29 is 43.2 Å².